The van der Waals surface area contributed by atoms with Gasteiger partial charge in [0.15, 0.2) is 0 Å². The van der Waals surface area contributed by atoms with Crippen LogP contribution in [0.15, 0.2) is 29.3 Å². The van der Waals surface area contributed by atoms with Crippen molar-refractivity contribution >= 4 is 34.5 Å². The highest BCUT2D eigenvalue weighted by Gasteiger charge is 2.40. The number of phenols is 1. The van der Waals surface area contributed by atoms with Crippen molar-refractivity contribution < 1.29 is 9.90 Å². The van der Waals surface area contributed by atoms with E-state index in [9.17, 15) is 9.90 Å². The molecule has 1 aromatic carbocycles. The minimum absolute atomic E-state index is 0.115. The van der Waals surface area contributed by atoms with Gasteiger partial charge in [-0.05, 0) is 19.2 Å². The molecule has 112 valence electrons. The Balaban J connectivity index is 1.78. The number of aromatic hydroxyl groups is 1. The van der Waals surface area contributed by atoms with E-state index < -0.39 is 0 Å². The van der Waals surface area contributed by atoms with Crippen LogP contribution >= 0.6 is 23.5 Å². The van der Waals surface area contributed by atoms with Gasteiger partial charge in [0.25, 0.3) is 0 Å². The molecule has 1 fully saturated rings. The largest absolute Gasteiger partial charge is 0.507 e. The molecule has 1 amide bonds. The first-order valence-electron chi connectivity index (χ1n) is 6.69. The molecule has 3 atom stereocenters. The van der Waals surface area contributed by atoms with Gasteiger partial charge in [0.2, 0.25) is 5.91 Å². The minimum Gasteiger partial charge on any atom is -0.507 e. The number of nitrogens with two attached hydrogens (primary N) is 1. The fourth-order valence-corrected chi connectivity index (χ4v) is 5.39. The number of benzene rings is 1. The van der Waals surface area contributed by atoms with Gasteiger partial charge in [-0.15, -0.1) is 23.5 Å². The number of nitrogens with zero attached hydrogens (tertiary/aromatic N) is 2. The molecule has 1 aromatic rings. The number of hydrogen-bond donors (Lipinski definition) is 2. The molecule has 7 heteroatoms. The number of rotatable bonds is 3. The summed E-state index contributed by atoms with van der Waals surface area (Å²) >= 11 is 3.38. The van der Waals surface area contributed by atoms with Crippen molar-refractivity contribution in [2.24, 2.45) is 10.7 Å². The Bertz CT molecular complexity index is 593. The van der Waals surface area contributed by atoms with E-state index in [1.807, 2.05) is 24.1 Å². The molecule has 21 heavy (non-hydrogen) atoms. The lowest BCUT2D eigenvalue weighted by atomic mass is 10.2. The van der Waals surface area contributed by atoms with Crippen LogP contribution < -0.4 is 5.73 Å². The molecule has 0 radical (unpaired) electrons. The maximum absolute atomic E-state index is 11.4. The van der Waals surface area contributed by atoms with Crippen LogP contribution in [0.25, 0.3) is 0 Å². The predicted octanol–water partition coefficient (Wildman–Crippen LogP) is 1.11. The van der Waals surface area contributed by atoms with E-state index in [1.165, 1.54) is 0 Å². The van der Waals surface area contributed by atoms with Crippen molar-refractivity contribution in [2.45, 2.75) is 17.5 Å². The van der Waals surface area contributed by atoms with Crippen molar-refractivity contribution in [1.82, 2.24) is 4.90 Å². The Morgan fingerprint density at radius 3 is 2.86 bits per heavy atom. The van der Waals surface area contributed by atoms with Crippen molar-refractivity contribution in [1.29, 1.82) is 0 Å². The lowest BCUT2D eigenvalue weighted by Crippen LogP contribution is -2.45. The molecule has 0 bridgehead atoms. The summed E-state index contributed by atoms with van der Waals surface area (Å²) in [5.41, 5.74) is 6.20. The van der Waals surface area contributed by atoms with E-state index in [4.69, 9.17) is 10.7 Å². The fraction of sp³-hybridized carbons (Fsp3) is 0.429. The quantitative estimate of drug-likeness (QED) is 0.871. The fourth-order valence-electron chi connectivity index (χ4n) is 2.60. The number of hydrogen-bond acceptors (Lipinski definition) is 6. The number of likely N-dealkylation sites (N-methyl/N-ethyl adjacent to an activating group) is 1. The van der Waals surface area contributed by atoms with E-state index in [1.54, 1.807) is 35.7 Å². The first kappa shape index (κ1) is 14.7. The topological polar surface area (TPSA) is 78.9 Å². The Hall–Kier alpha value is -1.18. The minimum atomic E-state index is -0.275. The maximum Gasteiger partial charge on any atom is 0.235 e. The van der Waals surface area contributed by atoms with E-state index >= 15 is 0 Å². The van der Waals surface area contributed by atoms with E-state index in [-0.39, 0.29) is 29.1 Å². The first-order valence-corrected chi connectivity index (χ1v) is 8.73. The van der Waals surface area contributed by atoms with Crippen LogP contribution in [0, 0.1) is 0 Å². The number of carbonyl (C=O) groups is 1. The normalized spacial score (nSPS) is 29.6. The lowest BCUT2D eigenvalue weighted by molar-refractivity contribution is -0.121. The summed E-state index contributed by atoms with van der Waals surface area (Å²) in [6, 6.07) is 7.14. The molecule has 0 spiro atoms. The molecule has 2 aliphatic heterocycles. The summed E-state index contributed by atoms with van der Waals surface area (Å²) < 4.78 is 0. The van der Waals surface area contributed by atoms with Crippen LogP contribution in [0.4, 0.5) is 0 Å². The number of para-hydroxylation sites is 1. The number of primary amides is 1. The zero-order valence-corrected chi connectivity index (χ0v) is 13.2. The summed E-state index contributed by atoms with van der Waals surface area (Å²) in [7, 11) is 1.93. The van der Waals surface area contributed by atoms with E-state index in [2.05, 4.69) is 0 Å². The van der Waals surface area contributed by atoms with Crippen molar-refractivity contribution in [2.75, 3.05) is 18.6 Å². The monoisotopic (exact) mass is 323 g/mol. The zero-order chi connectivity index (χ0) is 15.0. The molecule has 3 N–H and O–H groups in total. The van der Waals surface area contributed by atoms with Crippen LogP contribution in [0.1, 0.15) is 5.56 Å². The van der Waals surface area contributed by atoms with Gasteiger partial charge in [-0.2, -0.15) is 0 Å². The predicted molar refractivity (Wildman–Crippen MR) is 87.9 cm³/mol. The summed E-state index contributed by atoms with van der Waals surface area (Å²) in [5, 5.41) is 11.0. The molecular weight excluding hydrogens is 306 g/mol. The van der Waals surface area contributed by atoms with E-state index in [0.717, 1.165) is 22.1 Å². The van der Waals surface area contributed by atoms with Gasteiger partial charge < -0.3 is 10.8 Å². The van der Waals surface area contributed by atoms with Crippen LogP contribution in [0.2, 0.25) is 0 Å². The highest BCUT2D eigenvalue weighted by Crippen LogP contribution is 2.37. The standard InChI is InChI=1S/C14H17N3O2S2/c1-17-10(12(15)19)7-21-14(17)9-6-20-13(16-9)8-4-2-3-5-11(8)18/h2-5,9-10,14,18H,6-7H2,1H3,(H2,15,19). The van der Waals surface area contributed by atoms with Crippen LogP contribution in [-0.2, 0) is 4.79 Å². The molecule has 3 unspecified atom stereocenters. The average Bonchev–Trinajstić information content (AvgIpc) is 3.05. The third-order valence-electron chi connectivity index (χ3n) is 3.78. The highest BCUT2D eigenvalue weighted by molar-refractivity contribution is 8.14. The first-order chi connectivity index (χ1) is 10.1. The molecule has 2 aliphatic rings. The van der Waals surface area contributed by atoms with Crippen molar-refractivity contribution in [3.8, 4) is 5.75 Å². The molecule has 1 saturated heterocycles. The van der Waals surface area contributed by atoms with Gasteiger partial charge in [-0.1, -0.05) is 12.1 Å². The Morgan fingerprint density at radius 1 is 1.43 bits per heavy atom. The van der Waals surface area contributed by atoms with Gasteiger partial charge in [-0.3, -0.25) is 14.7 Å². The Kier molecular flexibility index (Phi) is 4.14. The molecule has 2 heterocycles. The number of phenolic OH excluding ortho intramolecular Hbond substituents is 1. The maximum atomic E-state index is 11.4. The summed E-state index contributed by atoms with van der Waals surface area (Å²) in [5.74, 6) is 1.56. The SMILES string of the molecule is CN1C(C(N)=O)CSC1C1CSC(c2ccccc2O)=N1. The van der Waals surface area contributed by atoms with E-state index in [0.29, 0.717) is 0 Å². The zero-order valence-electron chi connectivity index (χ0n) is 11.6. The van der Waals surface area contributed by atoms with Crippen LogP contribution in [0.3, 0.4) is 0 Å². The molecule has 0 saturated carbocycles. The second-order valence-electron chi connectivity index (χ2n) is 5.14. The molecule has 0 aromatic heterocycles. The van der Waals surface area contributed by atoms with Gasteiger partial charge in [0, 0.05) is 17.1 Å². The highest BCUT2D eigenvalue weighted by atomic mass is 32.2. The Labute approximate surface area is 132 Å². The van der Waals surface area contributed by atoms with Gasteiger partial charge in [0.1, 0.15) is 10.8 Å². The number of thioether (sulfide) groups is 2. The third kappa shape index (κ3) is 2.77. The lowest BCUT2D eigenvalue weighted by Gasteiger charge is -2.25. The second-order valence-corrected chi connectivity index (χ2v) is 7.30. The molecule has 5 nitrogen and oxygen atoms in total. The molecule has 3 rings (SSSR count). The number of aliphatic imine (C=N–C) groups is 1. The number of carbonyl (C=O) groups excluding carboxylic acids is 1. The van der Waals surface area contributed by atoms with Gasteiger partial charge in [-0.25, -0.2) is 0 Å². The smallest absolute Gasteiger partial charge is 0.235 e. The second kappa shape index (κ2) is 5.90. The van der Waals surface area contributed by atoms with Crippen molar-refractivity contribution in [3.63, 3.8) is 0 Å². The van der Waals surface area contributed by atoms with Gasteiger partial charge in [0.05, 0.1) is 17.5 Å². The summed E-state index contributed by atoms with van der Waals surface area (Å²) in [6.45, 7) is 0. The molecular formula is C14H17N3O2S2. The van der Waals surface area contributed by atoms with Crippen molar-refractivity contribution in [3.05, 3.63) is 29.8 Å². The number of amides is 1. The van der Waals surface area contributed by atoms with Crippen LogP contribution in [-0.4, -0.2) is 57.0 Å². The van der Waals surface area contributed by atoms with Crippen LogP contribution in [0.5, 0.6) is 5.75 Å². The molecule has 0 aliphatic carbocycles. The Morgan fingerprint density at radius 2 is 2.19 bits per heavy atom. The summed E-state index contributed by atoms with van der Waals surface area (Å²) in [6.07, 6.45) is 0. The summed E-state index contributed by atoms with van der Waals surface area (Å²) in [4.78, 5) is 18.2. The third-order valence-corrected chi connectivity index (χ3v) is 6.39. The van der Waals surface area contributed by atoms with Gasteiger partial charge >= 0.3 is 0 Å². The average molecular weight is 323 g/mol.